The van der Waals surface area contributed by atoms with Gasteiger partial charge in [0, 0.05) is 18.5 Å². The number of ether oxygens (including phenoxy) is 1. The van der Waals surface area contributed by atoms with Gasteiger partial charge in [0.25, 0.3) is 0 Å². The van der Waals surface area contributed by atoms with Crippen LogP contribution in [0.2, 0.25) is 0 Å². The quantitative estimate of drug-likeness (QED) is 0.649. The van der Waals surface area contributed by atoms with E-state index in [2.05, 4.69) is 5.32 Å². The number of halogens is 1. The van der Waals surface area contributed by atoms with Gasteiger partial charge in [-0.05, 0) is 12.6 Å². The second-order valence-corrected chi connectivity index (χ2v) is 3.97. The topological polar surface area (TPSA) is 38.3 Å². The van der Waals surface area contributed by atoms with Gasteiger partial charge in [-0.2, -0.15) is 0 Å². The molecule has 0 aromatic heterocycles. The highest BCUT2D eigenvalue weighted by atomic mass is 19.1. The van der Waals surface area contributed by atoms with Crippen molar-refractivity contribution in [3.8, 4) is 0 Å². The number of rotatable bonds is 0. The molecule has 0 radical (unpaired) electrons. The van der Waals surface area contributed by atoms with Crippen LogP contribution >= 0.6 is 0 Å². The predicted octanol–water partition coefficient (Wildman–Crippen LogP) is 1.18. The summed E-state index contributed by atoms with van der Waals surface area (Å²) in [7, 11) is 0. The molecule has 0 amide bonds. The molecule has 2 aliphatic rings. The number of carbonyl (C=O) groups excluding carboxylic acids is 1. The molecule has 1 spiro atoms. The summed E-state index contributed by atoms with van der Waals surface area (Å²) in [4.78, 5) is 11.6. The van der Waals surface area contributed by atoms with Crippen LogP contribution in [-0.4, -0.2) is 19.1 Å². The van der Waals surface area contributed by atoms with Crippen LogP contribution in [0.3, 0.4) is 0 Å². The largest absolute Gasteiger partial charge is 0.449 e. The average Bonchev–Trinajstić information content (AvgIpc) is 2.76. The molecule has 1 aromatic rings. The summed E-state index contributed by atoms with van der Waals surface area (Å²) in [5, 5.41) is 3.14. The van der Waals surface area contributed by atoms with Gasteiger partial charge in [-0.25, -0.2) is 9.18 Å². The maximum absolute atomic E-state index is 13.5. The third kappa shape index (κ3) is 1.05. The minimum absolute atomic E-state index is 0.112. The Balaban J connectivity index is 2.22. The smallest absolute Gasteiger partial charge is 0.342 e. The second-order valence-electron chi connectivity index (χ2n) is 3.97. The molecule has 1 N–H and O–H groups in total. The summed E-state index contributed by atoms with van der Waals surface area (Å²) in [6.45, 7) is 1.37. The van der Waals surface area contributed by atoms with E-state index in [-0.39, 0.29) is 5.56 Å². The summed E-state index contributed by atoms with van der Waals surface area (Å²) in [6.07, 6.45) is 0.717. The summed E-state index contributed by atoms with van der Waals surface area (Å²) in [5.74, 6) is -1.02. The van der Waals surface area contributed by atoms with Crippen molar-refractivity contribution in [1.29, 1.82) is 0 Å². The number of hydrogen-bond acceptors (Lipinski definition) is 3. The van der Waals surface area contributed by atoms with Crippen LogP contribution in [0.4, 0.5) is 4.39 Å². The Morgan fingerprint density at radius 2 is 2.33 bits per heavy atom. The standard InChI is InChI=1S/C11H10FNO2/c12-8-3-1-2-7-9(8)10(14)15-11(7)4-5-13-6-11/h1-3,13H,4-6H2. The zero-order valence-corrected chi connectivity index (χ0v) is 8.05. The number of benzene rings is 1. The zero-order valence-electron chi connectivity index (χ0n) is 8.05. The van der Waals surface area contributed by atoms with E-state index in [1.54, 1.807) is 12.1 Å². The Labute approximate surface area is 86.2 Å². The monoisotopic (exact) mass is 207 g/mol. The van der Waals surface area contributed by atoms with Crippen LogP contribution in [-0.2, 0) is 10.3 Å². The van der Waals surface area contributed by atoms with Crippen LogP contribution in [0.5, 0.6) is 0 Å². The van der Waals surface area contributed by atoms with Crippen molar-refractivity contribution in [3.05, 3.63) is 35.1 Å². The molecular weight excluding hydrogens is 197 g/mol. The van der Waals surface area contributed by atoms with Gasteiger partial charge in [0.05, 0.1) is 0 Å². The van der Waals surface area contributed by atoms with Gasteiger partial charge in [-0.1, -0.05) is 12.1 Å². The highest BCUT2D eigenvalue weighted by Gasteiger charge is 2.48. The van der Waals surface area contributed by atoms with Crippen LogP contribution in [0.15, 0.2) is 18.2 Å². The lowest BCUT2D eigenvalue weighted by Crippen LogP contribution is -2.28. The number of hydrogen-bond donors (Lipinski definition) is 1. The Hall–Kier alpha value is -1.42. The van der Waals surface area contributed by atoms with Crippen molar-refractivity contribution in [2.75, 3.05) is 13.1 Å². The molecule has 1 fully saturated rings. The molecule has 0 bridgehead atoms. The van der Waals surface area contributed by atoms with Gasteiger partial charge < -0.3 is 10.1 Å². The van der Waals surface area contributed by atoms with Crippen LogP contribution in [0.1, 0.15) is 22.3 Å². The van der Waals surface area contributed by atoms with Gasteiger partial charge in [0.2, 0.25) is 0 Å². The molecule has 3 rings (SSSR count). The summed E-state index contributed by atoms with van der Waals surface area (Å²) in [5.41, 5.74) is 0.188. The van der Waals surface area contributed by atoms with Crippen molar-refractivity contribution in [1.82, 2.24) is 5.32 Å². The predicted molar refractivity (Wildman–Crippen MR) is 51.0 cm³/mol. The molecule has 1 aromatic carbocycles. The molecule has 1 saturated heterocycles. The van der Waals surface area contributed by atoms with Crippen LogP contribution < -0.4 is 5.32 Å². The van der Waals surface area contributed by atoms with Crippen molar-refractivity contribution < 1.29 is 13.9 Å². The van der Waals surface area contributed by atoms with E-state index in [9.17, 15) is 9.18 Å². The Morgan fingerprint density at radius 1 is 1.47 bits per heavy atom. The summed E-state index contributed by atoms with van der Waals surface area (Å²) < 4.78 is 18.8. The minimum atomic E-state index is -0.617. The average molecular weight is 207 g/mol. The van der Waals surface area contributed by atoms with Crippen molar-refractivity contribution in [3.63, 3.8) is 0 Å². The first-order valence-electron chi connectivity index (χ1n) is 4.96. The van der Waals surface area contributed by atoms with Crippen molar-refractivity contribution in [2.45, 2.75) is 12.0 Å². The fourth-order valence-electron chi connectivity index (χ4n) is 2.38. The molecular formula is C11H10FNO2. The van der Waals surface area contributed by atoms with E-state index in [0.29, 0.717) is 12.1 Å². The Bertz CT molecular complexity index is 438. The zero-order chi connectivity index (χ0) is 10.5. The number of carbonyl (C=O) groups is 1. The first-order chi connectivity index (χ1) is 7.23. The van der Waals surface area contributed by atoms with E-state index >= 15 is 0 Å². The van der Waals surface area contributed by atoms with Crippen LogP contribution in [0.25, 0.3) is 0 Å². The van der Waals surface area contributed by atoms with Gasteiger partial charge >= 0.3 is 5.97 Å². The Morgan fingerprint density at radius 3 is 3.07 bits per heavy atom. The number of nitrogens with one attached hydrogen (secondary N) is 1. The van der Waals surface area contributed by atoms with Gasteiger partial charge in [-0.3, -0.25) is 0 Å². The third-order valence-electron chi connectivity index (χ3n) is 3.11. The number of esters is 1. The summed E-state index contributed by atoms with van der Waals surface area (Å²) in [6, 6.07) is 4.69. The normalized spacial score (nSPS) is 28.2. The lowest BCUT2D eigenvalue weighted by molar-refractivity contribution is 0.00153. The molecule has 0 aliphatic carbocycles. The van der Waals surface area contributed by atoms with Gasteiger partial charge in [0.15, 0.2) is 5.60 Å². The maximum atomic E-state index is 13.5. The highest BCUT2D eigenvalue weighted by molar-refractivity contribution is 5.95. The van der Waals surface area contributed by atoms with Crippen molar-refractivity contribution >= 4 is 5.97 Å². The van der Waals surface area contributed by atoms with E-state index < -0.39 is 17.4 Å². The molecule has 0 saturated carbocycles. The first-order valence-corrected chi connectivity index (χ1v) is 4.96. The fraction of sp³-hybridized carbons (Fsp3) is 0.364. The van der Waals surface area contributed by atoms with E-state index in [1.165, 1.54) is 6.07 Å². The van der Waals surface area contributed by atoms with Crippen LogP contribution in [0, 0.1) is 5.82 Å². The van der Waals surface area contributed by atoms with E-state index in [1.807, 2.05) is 0 Å². The number of fused-ring (bicyclic) bond motifs is 2. The lowest BCUT2D eigenvalue weighted by Gasteiger charge is -2.21. The van der Waals surface area contributed by atoms with Gasteiger partial charge in [-0.15, -0.1) is 0 Å². The molecule has 4 heteroatoms. The highest BCUT2D eigenvalue weighted by Crippen LogP contribution is 2.41. The lowest BCUT2D eigenvalue weighted by atomic mass is 9.91. The minimum Gasteiger partial charge on any atom is -0.449 e. The van der Waals surface area contributed by atoms with E-state index in [4.69, 9.17) is 4.74 Å². The Kier molecular flexibility index (Phi) is 1.65. The fourth-order valence-corrected chi connectivity index (χ4v) is 2.38. The molecule has 1 unspecified atom stereocenters. The van der Waals surface area contributed by atoms with Gasteiger partial charge in [0.1, 0.15) is 11.4 Å². The maximum Gasteiger partial charge on any atom is 0.342 e. The molecule has 15 heavy (non-hydrogen) atoms. The molecule has 2 aliphatic heterocycles. The second kappa shape index (κ2) is 2.79. The SMILES string of the molecule is O=C1OC2(CCNC2)c2cccc(F)c21. The first kappa shape index (κ1) is 8.85. The summed E-state index contributed by atoms with van der Waals surface area (Å²) >= 11 is 0. The molecule has 78 valence electrons. The van der Waals surface area contributed by atoms with Crippen molar-refractivity contribution in [2.24, 2.45) is 0 Å². The molecule has 1 atom stereocenters. The molecule has 2 heterocycles. The molecule has 3 nitrogen and oxygen atoms in total. The van der Waals surface area contributed by atoms with E-state index in [0.717, 1.165) is 13.0 Å². The third-order valence-corrected chi connectivity index (χ3v) is 3.11.